The average Bonchev–Trinajstić information content (AvgIpc) is 3.00. The lowest BCUT2D eigenvalue weighted by Gasteiger charge is -2.55. The summed E-state index contributed by atoms with van der Waals surface area (Å²) in [5, 5.41) is 8.08. The number of hydrogen-bond acceptors (Lipinski definition) is 6. The van der Waals surface area contributed by atoms with Crippen LogP contribution in [-0.4, -0.2) is 52.1 Å². The summed E-state index contributed by atoms with van der Waals surface area (Å²) in [6.07, 6.45) is 9.71. The Kier molecular flexibility index (Phi) is 3.70. The highest BCUT2D eigenvalue weighted by atomic mass is 16.5. The largest absolute Gasteiger partial charge is 0.380 e. The highest BCUT2D eigenvalue weighted by molar-refractivity contribution is 5.54. The Balaban J connectivity index is 1.43. The SMILES string of the molecule is Cc1ccn(-c2nc(NC3CC=CCC3)cc(N3CC4(COC4)C3)n2)n1. The van der Waals surface area contributed by atoms with Crippen LogP contribution in [0.5, 0.6) is 0 Å². The van der Waals surface area contributed by atoms with Crippen LogP contribution in [0, 0.1) is 12.3 Å². The summed E-state index contributed by atoms with van der Waals surface area (Å²) >= 11 is 0. The van der Waals surface area contributed by atoms with Gasteiger partial charge in [0.05, 0.1) is 24.3 Å². The van der Waals surface area contributed by atoms with E-state index < -0.39 is 0 Å². The average molecular weight is 352 g/mol. The first kappa shape index (κ1) is 15.8. The predicted octanol–water partition coefficient (Wildman–Crippen LogP) is 2.33. The molecule has 0 saturated carbocycles. The number of hydrogen-bond donors (Lipinski definition) is 1. The first-order valence-corrected chi connectivity index (χ1v) is 9.35. The summed E-state index contributed by atoms with van der Waals surface area (Å²) in [7, 11) is 0. The van der Waals surface area contributed by atoms with Gasteiger partial charge < -0.3 is 15.0 Å². The number of nitrogens with one attached hydrogen (secondary N) is 1. The fourth-order valence-corrected chi connectivity index (χ4v) is 3.92. The maximum Gasteiger partial charge on any atom is 0.254 e. The molecule has 2 aromatic rings. The first-order valence-electron chi connectivity index (χ1n) is 9.35. The maximum atomic E-state index is 5.39. The standard InChI is InChI=1S/C19H24N6O/c1-14-7-8-25(23-14)18-21-16(20-15-5-3-2-4-6-15)9-17(22-18)24-10-19(11-24)12-26-13-19/h2-3,7-9,15H,4-6,10-13H2,1H3,(H,20,21,22). The summed E-state index contributed by atoms with van der Waals surface area (Å²) in [4.78, 5) is 11.8. The molecular formula is C19H24N6O. The van der Waals surface area contributed by atoms with Crippen LogP contribution in [0.2, 0.25) is 0 Å². The zero-order valence-electron chi connectivity index (χ0n) is 15.1. The molecule has 7 nitrogen and oxygen atoms in total. The van der Waals surface area contributed by atoms with Crippen molar-refractivity contribution in [2.45, 2.75) is 32.2 Å². The fourth-order valence-electron chi connectivity index (χ4n) is 3.92. The molecule has 1 atom stereocenters. The molecule has 4 heterocycles. The van der Waals surface area contributed by atoms with E-state index in [9.17, 15) is 0 Å². The van der Waals surface area contributed by atoms with E-state index in [1.54, 1.807) is 4.68 Å². The second-order valence-electron chi connectivity index (χ2n) is 7.79. The Morgan fingerprint density at radius 3 is 2.77 bits per heavy atom. The third-order valence-electron chi connectivity index (χ3n) is 5.44. The monoisotopic (exact) mass is 352 g/mol. The molecule has 136 valence electrons. The molecule has 2 saturated heterocycles. The van der Waals surface area contributed by atoms with Crippen molar-refractivity contribution in [3.8, 4) is 5.95 Å². The van der Waals surface area contributed by atoms with Crippen molar-refractivity contribution >= 4 is 11.6 Å². The molecule has 0 bridgehead atoms. The number of ether oxygens (including phenoxy) is 1. The Morgan fingerprint density at radius 2 is 2.12 bits per heavy atom. The van der Waals surface area contributed by atoms with Gasteiger partial charge in [0.2, 0.25) is 0 Å². The van der Waals surface area contributed by atoms with Crippen molar-refractivity contribution in [2.75, 3.05) is 36.5 Å². The van der Waals surface area contributed by atoms with Crippen LogP contribution in [0.3, 0.4) is 0 Å². The Bertz CT molecular complexity index is 832. The summed E-state index contributed by atoms with van der Waals surface area (Å²) in [5.41, 5.74) is 1.32. The predicted molar refractivity (Wildman–Crippen MR) is 99.8 cm³/mol. The lowest BCUT2D eigenvalue weighted by atomic mass is 9.78. The van der Waals surface area contributed by atoms with Gasteiger partial charge in [0, 0.05) is 31.4 Å². The topological polar surface area (TPSA) is 68.1 Å². The van der Waals surface area contributed by atoms with Crippen LogP contribution in [0.4, 0.5) is 11.6 Å². The molecule has 2 fully saturated rings. The third-order valence-corrected chi connectivity index (χ3v) is 5.44. The molecule has 2 aromatic heterocycles. The number of nitrogens with zero attached hydrogens (tertiary/aromatic N) is 5. The minimum Gasteiger partial charge on any atom is -0.380 e. The number of rotatable bonds is 4. The molecule has 0 aromatic carbocycles. The van der Waals surface area contributed by atoms with Crippen molar-refractivity contribution < 1.29 is 4.74 Å². The quantitative estimate of drug-likeness (QED) is 0.852. The molecule has 26 heavy (non-hydrogen) atoms. The Morgan fingerprint density at radius 1 is 1.23 bits per heavy atom. The normalized spacial score (nSPS) is 23.6. The van der Waals surface area contributed by atoms with Gasteiger partial charge in [0.25, 0.3) is 5.95 Å². The molecule has 1 spiro atoms. The smallest absolute Gasteiger partial charge is 0.254 e. The molecule has 1 N–H and O–H groups in total. The highest BCUT2D eigenvalue weighted by Gasteiger charge is 2.49. The molecule has 1 unspecified atom stereocenters. The summed E-state index contributed by atoms with van der Waals surface area (Å²) in [5.74, 6) is 2.47. The van der Waals surface area contributed by atoms with E-state index in [1.165, 1.54) is 0 Å². The summed E-state index contributed by atoms with van der Waals surface area (Å²) < 4.78 is 7.15. The van der Waals surface area contributed by atoms with Crippen LogP contribution in [0.1, 0.15) is 25.0 Å². The Hall–Kier alpha value is -2.41. The van der Waals surface area contributed by atoms with Crippen molar-refractivity contribution in [1.29, 1.82) is 0 Å². The van der Waals surface area contributed by atoms with E-state index in [-0.39, 0.29) is 0 Å². The summed E-state index contributed by atoms with van der Waals surface area (Å²) in [6.45, 7) is 5.74. The van der Waals surface area contributed by atoms with E-state index >= 15 is 0 Å². The molecule has 0 radical (unpaired) electrons. The van der Waals surface area contributed by atoms with E-state index in [0.717, 1.165) is 62.9 Å². The second kappa shape index (κ2) is 6.09. The lowest BCUT2D eigenvalue weighted by Crippen LogP contribution is -2.66. The van der Waals surface area contributed by atoms with Gasteiger partial charge in [0.15, 0.2) is 0 Å². The van der Waals surface area contributed by atoms with Gasteiger partial charge in [-0.3, -0.25) is 0 Å². The van der Waals surface area contributed by atoms with Gasteiger partial charge in [-0.15, -0.1) is 0 Å². The van der Waals surface area contributed by atoms with Crippen molar-refractivity contribution in [2.24, 2.45) is 5.41 Å². The van der Waals surface area contributed by atoms with E-state index in [1.807, 2.05) is 19.2 Å². The third kappa shape index (κ3) is 2.86. The van der Waals surface area contributed by atoms with Crippen LogP contribution in [-0.2, 0) is 4.74 Å². The lowest BCUT2D eigenvalue weighted by molar-refractivity contribution is -0.127. The molecule has 7 heteroatoms. The van der Waals surface area contributed by atoms with Gasteiger partial charge in [-0.25, -0.2) is 4.68 Å². The zero-order chi connectivity index (χ0) is 17.6. The number of anilines is 2. The van der Waals surface area contributed by atoms with E-state index in [0.29, 0.717) is 17.4 Å². The zero-order valence-corrected chi connectivity index (χ0v) is 15.1. The second-order valence-corrected chi connectivity index (χ2v) is 7.79. The maximum absolute atomic E-state index is 5.39. The number of allylic oxidation sites excluding steroid dienone is 1. The number of aromatic nitrogens is 4. The van der Waals surface area contributed by atoms with Crippen molar-refractivity contribution in [3.63, 3.8) is 0 Å². The molecule has 5 rings (SSSR count). The molecular weight excluding hydrogens is 328 g/mol. The van der Waals surface area contributed by atoms with Gasteiger partial charge in [-0.1, -0.05) is 12.2 Å². The van der Waals surface area contributed by atoms with Gasteiger partial charge in [-0.05, 0) is 32.3 Å². The van der Waals surface area contributed by atoms with Gasteiger partial charge in [-0.2, -0.15) is 15.1 Å². The Labute approximate surface area is 153 Å². The van der Waals surface area contributed by atoms with Gasteiger partial charge >= 0.3 is 0 Å². The van der Waals surface area contributed by atoms with Crippen molar-refractivity contribution in [3.05, 3.63) is 36.2 Å². The van der Waals surface area contributed by atoms with Crippen LogP contribution >= 0.6 is 0 Å². The van der Waals surface area contributed by atoms with E-state index in [2.05, 4.69) is 33.5 Å². The molecule has 1 aliphatic carbocycles. The van der Waals surface area contributed by atoms with Crippen LogP contribution < -0.4 is 10.2 Å². The van der Waals surface area contributed by atoms with Crippen LogP contribution in [0.15, 0.2) is 30.5 Å². The minimum absolute atomic E-state index is 0.356. The van der Waals surface area contributed by atoms with E-state index in [4.69, 9.17) is 14.7 Å². The van der Waals surface area contributed by atoms with Gasteiger partial charge in [0.1, 0.15) is 11.6 Å². The number of aryl methyl sites for hydroxylation is 1. The molecule has 2 aliphatic heterocycles. The molecule has 0 amide bonds. The van der Waals surface area contributed by atoms with Crippen LogP contribution in [0.25, 0.3) is 5.95 Å². The van der Waals surface area contributed by atoms with Crippen molar-refractivity contribution in [1.82, 2.24) is 19.7 Å². The highest BCUT2D eigenvalue weighted by Crippen LogP contribution is 2.40. The minimum atomic E-state index is 0.356. The summed E-state index contributed by atoms with van der Waals surface area (Å²) in [6, 6.07) is 4.47. The first-order chi connectivity index (χ1) is 12.7. The molecule has 3 aliphatic rings. The fraction of sp³-hybridized carbons (Fsp3) is 0.526.